The molecule has 0 aliphatic heterocycles. The molecule has 0 aliphatic rings. The lowest BCUT2D eigenvalue weighted by Gasteiger charge is -2.13. The maximum absolute atomic E-state index is 9.82. The highest BCUT2D eigenvalue weighted by atomic mass is 35.6. The van der Waals surface area contributed by atoms with Crippen LogP contribution in [0.4, 0.5) is 0 Å². The zero-order valence-corrected chi connectivity index (χ0v) is 11.5. The van der Waals surface area contributed by atoms with Crippen molar-refractivity contribution in [3.63, 3.8) is 0 Å². The van der Waals surface area contributed by atoms with Crippen LogP contribution in [0.2, 0.25) is 0 Å². The van der Waals surface area contributed by atoms with Crippen LogP contribution in [0, 0.1) is 0 Å². The Morgan fingerprint density at radius 2 is 1.86 bits per heavy atom. The van der Waals surface area contributed by atoms with Crippen LogP contribution in [-0.2, 0) is 9.53 Å². The summed E-state index contributed by atoms with van der Waals surface area (Å²) in [4.78, 5) is 9.82. The average Bonchev–Trinajstić information content (AvgIpc) is 2.02. The third kappa shape index (κ3) is 12.9. The molecule has 0 rings (SSSR count). The summed E-state index contributed by atoms with van der Waals surface area (Å²) in [5.41, 5.74) is 0. The third-order valence-corrected chi connectivity index (χ3v) is 2.91. The Kier molecular flexibility index (Phi) is 11.3. The fraction of sp³-hybridized carbons (Fsp3) is 0.857. The molecule has 0 saturated carbocycles. The van der Waals surface area contributed by atoms with Crippen LogP contribution in [0.1, 0.15) is 13.8 Å². The number of ether oxygens (including phenoxy) is 1. The van der Waals surface area contributed by atoms with Crippen molar-refractivity contribution in [2.24, 2.45) is 0 Å². The van der Waals surface area contributed by atoms with Crippen LogP contribution in [0.25, 0.3) is 0 Å². The normalized spacial score (nSPS) is 12.5. The van der Waals surface area contributed by atoms with Gasteiger partial charge in [0.1, 0.15) is 0 Å². The monoisotopic (exact) mass is 302 g/mol. The molecule has 0 aromatic rings. The van der Waals surface area contributed by atoms with Gasteiger partial charge in [0, 0.05) is 12.8 Å². The van der Waals surface area contributed by atoms with Crippen molar-refractivity contribution in [2.75, 3.05) is 12.5 Å². The van der Waals surface area contributed by atoms with E-state index in [2.05, 4.69) is 4.74 Å². The molecule has 0 bridgehead atoms. The lowest BCUT2D eigenvalue weighted by molar-refractivity contribution is -0.140. The van der Waals surface area contributed by atoms with Crippen LogP contribution in [0.15, 0.2) is 0 Å². The maximum atomic E-state index is 9.82. The van der Waals surface area contributed by atoms with Crippen LogP contribution >= 0.6 is 58.0 Å². The first-order chi connectivity index (χ1) is 6.25. The number of halogens is 5. The Morgan fingerprint density at radius 3 is 1.86 bits per heavy atom. The van der Waals surface area contributed by atoms with Crippen LogP contribution < -0.4 is 0 Å². The van der Waals surface area contributed by atoms with Crippen LogP contribution in [0.5, 0.6) is 0 Å². The highest BCUT2D eigenvalue weighted by Crippen LogP contribution is 2.34. The van der Waals surface area contributed by atoms with Gasteiger partial charge in [-0.2, -0.15) is 0 Å². The lowest BCUT2D eigenvalue weighted by atomic mass is 10.5. The van der Waals surface area contributed by atoms with Gasteiger partial charge in [0.25, 0.3) is 0 Å². The van der Waals surface area contributed by atoms with E-state index in [1.165, 1.54) is 6.92 Å². The van der Waals surface area contributed by atoms with E-state index in [1.54, 1.807) is 6.92 Å². The first kappa shape index (κ1) is 17.3. The van der Waals surface area contributed by atoms with E-state index in [-0.39, 0.29) is 11.8 Å². The Morgan fingerprint density at radius 1 is 1.43 bits per heavy atom. The predicted octanol–water partition coefficient (Wildman–Crippen LogP) is 3.77. The van der Waals surface area contributed by atoms with Gasteiger partial charge >= 0.3 is 5.97 Å². The molecule has 0 spiro atoms. The van der Waals surface area contributed by atoms with Crippen molar-refractivity contribution in [3.8, 4) is 0 Å². The standard InChI is InChI=1S/C4H8O2.C3H3Cl5/c1-3-6-4(2)5;4-1-2(5)3(6,7)8/h3H2,1-2H3;2H,1H2. The lowest BCUT2D eigenvalue weighted by Crippen LogP contribution is -2.20. The van der Waals surface area contributed by atoms with Crippen molar-refractivity contribution >= 4 is 64.0 Å². The SMILES string of the molecule is CCOC(C)=O.ClCC(Cl)C(Cl)(Cl)Cl. The van der Waals surface area contributed by atoms with Crippen molar-refractivity contribution in [2.45, 2.75) is 23.0 Å². The molecule has 0 aromatic heterocycles. The zero-order chi connectivity index (χ0) is 11.8. The van der Waals surface area contributed by atoms with E-state index in [9.17, 15) is 4.79 Å². The van der Waals surface area contributed by atoms with Gasteiger partial charge in [-0.05, 0) is 6.92 Å². The smallest absolute Gasteiger partial charge is 0.302 e. The molecule has 0 fully saturated rings. The molecule has 14 heavy (non-hydrogen) atoms. The fourth-order valence-corrected chi connectivity index (χ4v) is 0.991. The molecule has 0 radical (unpaired) electrons. The molecule has 7 heteroatoms. The number of hydrogen-bond acceptors (Lipinski definition) is 2. The van der Waals surface area contributed by atoms with Crippen molar-refractivity contribution < 1.29 is 9.53 Å². The van der Waals surface area contributed by atoms with E-state index in [1.807, 2.05) is 0 Å². The van der Waals surface area contributed by atoms with E-state index < -0.39 is 9.17 Å². The molecule has 1 unspecified atom stereocenters. The summed E-state index contributed by atoms with van der Waals surface area (Å²) in [7, 11) is 0. The summed E-state index contributed by atoms with van der Waals surface area (Å²) < 4.78 is 2.96. The highest BCUT2D eigenvalue weighted by Gasteiger charge is 2.29. The molecule has 86 valence electrons. The Balaban J connectivity index is 0. The van der Waals surface area contributed by atoms with E-state index >= 15 is 0 Å². The molecular formula is C7H11Cl5O2. The molecule has 0 N–H and O–H groups in total. The summed E-state index contributed by atoms with van der Waals surface area (Å²) >= 11 is 26.6. The van der Waals surface area contributed by atoms with Gasteiger partial charge in [-0.1, -0.05) is 34.8 Å². The minimum atomic E-state index is -1.44. The van der Waals surface area contributed by atoms with Crippen LogP contribution in [0.3, 0.4) is 0 Å². The van der Waals surface area contributed by atoms with Crippen molar-refractivity contribution in [1.29, 1.82) is 0 Å². The molecule has 0 aliphatic carbocycles. The number of carbonyl (C=O) groups is 1. The Hall–Kier alpha value is 0.920. The Labute approximate surface area is 109 Å². The summed E-state index contributed by atoms with van der Waals surface area (Å²) in [6.45, 7) is 3.65. The fourth-order valence-electron chi connectivity index (χ4n) is 0.291. The van der Waals surface area contributed by atoms with Crippen LogP contribution in [-0.4, -0.2) is 27.6 Å². The summed E-state index contributed by atoms with van der Waals surface area (Å²) in [5, 5.41) is -0.617. The second-order valence-corrected chi connectivity index (χ2v) is 5.29. The van der Waals surface area contributed by atoms with E-state index in [4.69, 9.17) is 58.0 Å². The van der Waals surface area contributed by atoms with Gasteiger partial charge in [0.15, 0.2) is 0 Å². The van der Waals surface area contributed by atoms with Gasteiger partial charge in [-0.15, -0.1) is 23.2 Å². The maximum Gasteiger partial charge on any atom is 0.302 e. The summed E-state index contributed by atoms with van der Waals surface area (Å²) in [5.74, 6) is -0.0737. The van der Waals surface area contributed by atoms with Gasteiger partial charge in [0.05, 0.1) is 12.0 Å². The Bertz CT molecular complexity index is 157. The van der Waals surface area contributed by atoms with Crippen molar-refractivity contribution in [3.05, 3.63) is 0 Å². The number of esters is 1. The summed E-state index contributed by atoms with van der Waals surface area (Å²) in [6.07, 6.45) is 0. The first-order valence-electron chi connectivity index (χ1n) is 3.65. The first-order valence-corrected chi connectivity index (χ1v) is 5.76. The van der Waals surface area contributed by atoms with E-state index in [0.29, 0.717) is 6.61 Å². The highest BCUT2D eigenvalue weighted by molar-refractivity contribution is 6.70. The summed E-state index contributed by atoms with van der Waals surface area (Å²) in [6, 6.07) is 0. The molecule has 0 amide bonds. The largest absolute Gasteiger partial charge is 0.466 e. The minimum Gasteiger partial charge on any atom is -0.466 e. The van der Waals surface area contributed by atoms with E-state index in [0.717, 1.165) is 0 Å². The predicted molar refractivity (Wildman–Crippen MR) is 63.0 cm³/mol. The molecule has 1 atom stereocenters. The molecule has 0 saturated heterocycles. The second-order valence-electron chi connectivity index (χ2n) is 2.09. The van der Waals surface area contributed by atoms with Gasteiger partial charge in [0.2, 0.25) is 3.79 Å². The average molecular weight is 304 g/mol. The van der Waals surface area contributed by atoms with Crippen molar-refractivity contribution in [1.82, 2.24) is 0 Å². The molecule has 2 nitrogen and oxygen atoms in total. The molecule has 0 heterocycles. The minimum absolute atomic E-state index is 0.137. The zero-order valence-electron chi connectivity index (χ0n) is 7.70. The van der Waals surface area contributed by atoms with Gasteiger partial charge in [-0.25, -0.2) is 0 Å². The molecule has 0 aromatic carbocycles. The number of alkyl halides is 5. The number of rotatable bonds is 2. The number of hydrogen-bond donors (Lipinski definition) is 0. The quantitative estimate of drug-likeness (QED) is 0.573. The second kappa shape index (κ2) is 9.17. The van der Waals surface area contributed by atoms with Gasteiger partial charge in [-0.3, -0.25) is 4.79 Å². The topological polar surface area (TPSA) is 26.3 Å². The number of carbonyl (C=O) groups excluding carboxylic acids is 1. The molecular weight excluding hydrogens is 293 g/mol. The van der Waals surface area contributed by atoms with Gasteiger partial charge < -0.3 is 4.74 Å². The third-order valence-electron chi connectivity index (χ3n) is 0.838.